The molecule has 120 valence electrons. The van der Waals surface area contributed by atoms with Gasteiger partial charge in [-0.05, 0) is 44.9 Å². The second kappa shape index (κ2) is 5.71. The highest BCUT2D eigenvalue weighted by atomic mass is 16.5. The highest BCUT2D eigenvalue weighted by molar-refractivity contribution is 5.83. The molecule has 22 heavy (non-hydrogen) atoms. The van der Waals surface area contributed by atoms with E-state index in [0.717, 1.165) is 24.3 Å². The van der Waals surface area contributed by atoms with Crippen molar-refractivity contribution in [3.05, 3.63) is 18.2 Å². The number of nitrogens with zero attached hydrogens (tertiary/aromatic N) is 1. The maximum atomic E-state index is 12.3. The maximum Gasteiger partial charge on any atom is 0.239 e. The first-order chi connectivity index (χ1) is 10.4. The fourth-order valence-corrected chi connectivity index (χ4v) is 3.40. The van der Waals surface area contributed by atoms with E-state index in [-0.39, 0.29) is 11.5 Å². The molecule has 0 radical (unpaired) electrons. The Morgan fingerprint density at radius 3 is 2.86 bits per heavy atom. The molecular formula is C17H25N3O2. The molecule has 1 aliphatic carbocycles. The van der Waals surface area contributed by atoms with E-state index in [9.17, 15) is 4.79 Å². The Kier molecular flexibility index (Phi) is 3.89. The molecule has 0 atom stereocenters. The van der Waals surface area contributed by atoms with Gasteiger partial charge in [0, 0.05) is 11.7 Å². The standard InChI is InChI=1S/C17H25N3O2/c1-17(2)11-20(10-16(21)19-13-5-3-4-6-13)14-9-12(18)7-8-15(14)22-17/h7-9,13H,3-6,10-11,18H2,1-2H3,(H,19,21). The van der Waals surface area contributed by atoms with Crippen LogP contribution in [-0.2, 0) is 4.79 Å². The lowest BCUT2D eigenvalue weighted by molar-refractivity contribution is -0.120. The van der Waals surface area contributed by atoms with Gasteiger partial charge in [0.2, 0.25) is 5.91 Å². The molecule has 0 unspecified atom stereocenters. The number of carbonyl (C=O) groups excluding carboxylic acids is 1. The minimum atomic E-state index is -0.323. The monoisotopic (exact) mass is 303 g/mol. The third-order valence-corrected chi connectivity index (χ3v) is 4.34. The van der Waals surface area contributed by atoms with Gasteiger partial charge in [0.1, 0.15) is 11.4 Å². The van der Waals surface area contributed by atoms with Crippen molar-refractivity contribution in [3.63, 3.8) is 0 Å². The van der Waals surface area contributed by atoms with Gasteiger partial charge >= 0.3 is 0 Å². The zero-order valence-corrected chi connectivity index (χ0v) is 13.4. The third kappa shape index (κ3) is 3.29. The van der Waals surface area contributed by atoms with Gasteiger partial charge in [-0.2, -0.15) is 0 Å². The fourth-order valence-electron chi connectivity index (χ4n) is 3.40. The van der Waals surface area contributed by atoms with Crippen LogP contribution in [0.5, 0.6) is 5.75 Å². The van der Waals surface area contributed by atoms with Crippen LogP contribution in [0.4, 0.5) is 11.4 Å². The molecule has 1 aromatic rings. The quantitative estimate of drug-likeness (QED) is 0.841. The average molecular weight is 303 g/mol. The summed E-state index contributed by atoms with van der Waals surface area (Å²) in [5.41, 5.74) is 7.16. The summed E-state index contributed by atoms with van der Waals surface area (Å²) in [5.74, 6) is 0.872. The first-order valence-corrected chi connectivity index (χ1v) is 8.06. The SMILES string of the molecule is CC1(C)CN(CC(=O)NC2CCCC2)c2cc(N)ccc2O1. The Morgan fingerprint density at radius 2 is 2.14 bits per heavy atom. The van der Waals surface area contributed by atoms with Crippen LogP contribution in [0, 0.1) is 0 Å². The highest BCUT2D eigenvalue weighted by Crippen LogP contribution is 2.38. The zero-order chi connectivity index (χ0) is 15.7. The van der Waals surface area contributed by atoms with Crippen molar-refractivity contribution in [1.29, 1.82) is 0 Å². The Morgan fingerprint density at radius 1 is 1.41 bits per heavy atom. The minimum absolute atomic E-state index is 0.0815. The molecule has 1 fully saturated rings. The highest BCUT2D eigenvalue weighted by Gasteiger charge is 2.33. The van der Waals surface area contributed by atoms with Crippen LogP contribution >= 0.6 is 0 Å². The summed E-state index contributed by atoms with van der Waals surface area (Å²) < 4.78 is 5.99. The summed E-state index contributed by atoms with van der Waals surface area (Å²) in [6.07, 6.45) is 4.64. The second-order valence-electron chi connectivity index (χ2n) is 6.99. The lowest BCUT2D eigenvalue weighted by Gasteiger charge is -2.40. The largest absolute Gasteiger partial charge is 0.484 e. The molecule has 3 rings (SSSR count). The van der Waals surface area contributed by atoms with E-state index in [1.165, 1.54) is 12.8 Å². The molecular weight excluding hydrogens is 278 g/mol. The summed E-state index contributed by atoms with van der Waals surface area (Å²) in [6.45, 7) is 5.09. The molecule has 0 saturated heterocycles. The minimum Gasteiger partial charge on any atom is -0.484 e. The predicted molar refractivity (Wildman–Crippen MR) is 88.2 cm³/mol. The predicted octanol–water partition coefficient (Wildman–Crippen LogP) is 2.30. The Bertz CT molecular complexity index is 565. The molecule has 0 bridgehead atoms. The van der Waals surface area contributed by atoms with E-state index >= 15 is 0 Å². The van der Waals surface area contributed by atoms with Crippen LogP contribution in [0.3, 0.4) is 0 Å². The van der Waals surface area contributed by atoms with Gasteiger partial charge in [0.15, 0.2) is 0 Å². The second-order valence-corrected chi connectivity index (χ2v) is 6.99. The molecule has 0 spiro atoms. The summed E-state index contributed by atoms with van der Waals surface area (Å²) in [5, 5.41) is 3.15. The van der Waals surface area contributed by atoms with Gasteiger partial charge in [-0.25, -0.2) is 0 Å². The van der Waals surface area contributed by atoms with Crippen LogP contribution < -0.4 is 20.7 Å². The molecule has 1 saturated carbocycles. The molecule has 1 heterocycles. The molecule has 5 heteroatoms. The number of nitrogens with one attached hydrogen (secondary N) is 1. The number of fused-ring (bicyclic) bond motifs is 1. The summed E-state index contributed by atoms with van der Waals surface area (Å²) in [6, 6.07) is 5.94. The number of nitrogens with two attached hydrogens (primary N) is 1. The van der Waals surface area contributed by atoms with Crippen LogP contribution in [0.15, 0.2) is 18.2 Å². The van der Waals surface area contributed by atoms with Crippen molar-refractivity contribution in [2.24, 2.45) is 0 Å². The summed E-state index contributed by atoms with van der Waals surface area (Å²) >= 11 is 0. The number of carbonyl (C=O) groups is 1. The van der Waals surface area contributed by atoms with Crippen LogP contribution in [0.25, 0.3) is 0 Å². The molecule has 0 aromatic heterocycles. The van der Waals surface area contributed by atoms with Crippen molar-refractivity contribution in [2.75, 3.05) is 23.7 Å². The Labute approximate surface area is 131 Å². The fraction of sp³-hybridized carbons (Fsp3) is 0.588. The topological polar surface area (TPSA) is 67.6 Å². The third-order valence-electron chi connectivity index (χ3n) is 4.34. The van der Waals surface area contributed by atoms with Gasteiger partial charge in [-0.15, -0.1) is 0 Å². The van der Waals surface area contributed by atoms with Gasteiger partial charge in [0.05, 0.1) is 18.8 Å². The summed E-state index contributed by atoms with van der Waals surface area (Å²) in [4.78, 5) is 14.4. The van der Waals surface area contributed by atoms with E-state index in [2.05, 4.69) is 10.2 Å². The molecule has 1 aliphatic heterocycles. The lowest BCUT2D eigenvalue weighted by atomic mass is 10.0. The zero-order valence-electron chi connectivity index (χ0n) is 13.4. The van der Waals surface area contributed by atoms with Crippen molar-refractivity contribution >= 4 is 17.3 Å². The molecule has 2 aliphatic rings. The van der Waals surface area contributed by atoms with Crippen LogP contribution in [0.1, 0.15) is 39.5 Å². The molecule has 1 aromatic carbocycles. The first kappa shape index (κ1) is 15.0. The van der Waals surface area contributed by atoms with E-state index < -0.39 is 0 Å². The van der Waals surface area contributed by atoms with Crippen molar-refractivity contribution < 1.29 is 9.53 Å². The molecule has 3 N–H and O–H groups in total. The smallest absolute Gasteiger partial charge is 0.239 e. The maximum absolute atomic E-state index is 12.3. The number of ether oxygens (including phenoxy) is 1. The summed E-state index contributed by atoms with van der Waals surface area (Å²) in [7, 11) is 0. The van der Waals surface area contributed by atoms with Gasteiger partial charge in [-0.1, -0.05) is 12.8 Å². The van der Waals surface area contributed by atoms with E-state index in [0.29, 0.717) is 24.8 Å². The van der Waals surface area contributed by atoms with E-state index in [4.69, 9.17) is 10.5 Å². The number of hydrogen-bond donors (Lipinski definition) is 2. The number of rotatable bonds is 3. The number of amides is 1. The Balaban J connectivity index is 1.74. The van der Waals surface area contributed by atoms with E-state index in [1.54, 1.807) is 0 Å². The average Bonchev–Trinajstić information content (AvgIpc) is 2.91. The van der Waals surface area contributed by atoms with Crippen molar-refractivity contribution in [2.45, 2.75) is 51.2 Å². The number of benzene rings is 1. The van der Waals surface area contributed by atoms with Gasteiger partial charge in [-0.3, -0.25) is 4.79 Å². The number of anilines is 2. The van der Waals surface area contributed by atoms with Crippen LogP contribution in [0.2, 0.25) is 0 Å². The van der Waals surface area contributed by atoms with E-state index in [1.807, 2.05) is 32.0 Å². The first-order valence-electron chi connectivity index (χ1n) is 8.06. The normalized spacial score (nSPS) is 20.4. The Hall–Kier alpha value is -1.91. The lowest BCUT2D eigenvalue weighted by Crippen LogP contribution is -2.50. The number of nitrogen functional groups attached to an aromatic ring is 1. The van der Waals surface area contributed by atoms with Gasteiger partial charge in [0.25, 0.3) is 0 Å². The van der Waals surface area contributed by atoms with Crippen molar-refractivity contribution in [3.8, 4) is 5.75 Å². The number of hydrogen-bond acceptors (Lipinski definition) is 4. The molecule has 1 amide bonds. The molecule has 5 nitrogen and oxygen atoms in total. The van der Waals surface area contributed by atoms with Gasteiger partial charge < -0.3 is 20.7 Å². The van der Waals surface area contributed by atoms with Crippen molar-refractivity contribution in [1.82, 2.24) is 5.32 Å². The van der Waals surface area contributed by atoms with Crippen LogP contribution in [-0.4, -0.2) is 30.6 Å².